The first-order valence-corrected chi connectivity index (χ1v) is 6.66. The number of halogens is 1. The predicted molar refractivity (Wildman–Crippen MR) is 77.0 cm³/mol. The third-order valence-electron chi connectivity index (χ3n) is 2.92. The largest absolute Gasteiger partial charge is 0.377 e. The topological polar surface area (TPSA) is 98.7 Å². The fraction of sp³-hybridized carbons (Fsp3) is 0.364. The van der Waals surface area contributed by atoms with Gasteiger partial charge in [0, 0.05) is 18.3 Å². The van der Waals surface area contributed by atoms with Crippen LogP contribution in [0.4, 0.5) is 11.4 Å². The Morgan fingerprint density at radius 1 is 1.58 bits per heavy atom. The molecular weight excluding hydrogens is 365 g/mol. The Bertz CT molecular complexity index is 523. The Hall–Kier alpha value is -1.42. The zero-order valence-corrected chi connectivity index (χ0v) is 12.1. The highest BCUT2D eigenvalue weighted by atomic mass is 127. The number of nitrogens with zero attached hydrogens (tertiary/aromatic N) is 2. The molecule has 2 rings (SSSR count). The van der Waals surface area contributed by atoms with Crippen molar-refractivity contribution in [3.63, 3.8) is 0 Å². The predicted octanol–water partition coefficient (Wildman–Crippen LogP) is 0.890. The third-order valence-corrected chi connectivity index (χ3v) is 3.78. The van der Waals surface area contributed by atoms with Crippen LogP contribution in [0.25, 0.3) is 0 Å². The van der Waals surface area contributed by atoms with Crippen LogP contribution in [0.1, 0.15) is 0 Å². The Morgan fingerprint density at radius 3 is 2.89 bits per heavy atom. The number of benzene rings is 1. The van der Waals surface area contributed by atoms with Gasteiger partial charge in [0.15, 0.2) is 0 Å². The molecule has 0 bridgehead atoms. The van der Waals surface area contributed by atoms with E-state index in [0.29, 0.717) is 16.7 Å². The minimum Gasteiger partial charge on any atom is -0.377 e. The second-order valence-electron chi connectivity index (χ2n) is 4.08. The van der Waals surface area contributed by atoms with E-state index in [2.05, 4.69) is 0 Å². The maximum Gasteiger partial charge on any atom is 0.282 e. The van der Waals surface area contributed by atoms with Gasteiger partial charge in [0.1, 0.15) is 6.04 Å². The van der Waals surface area contributed by atoms with Crippen LogP contribution < -0.4 is 10.6 Å². The standard InChI is InChI=1S/C11H12IN3O4/c12-8-5-7(1-2-9(8)15(17)18)14-3-4-19-6-10(14)11(13)16/h1-2,5,10H,3-4,6H2,(H2,13,16). The Kier molecular flexibility index (Phi) is 4.20. The number of rotatable bonds is 3. The lowest BCUT2D eigenvalue weighted by Gasteiger charge is -2.35. The van der Waals surface area contributed by atoms with E-state index in [9.17, 15) is 14.9 Å². The molecule has 1 aliphatic rings. The summed E-state index contributed by atoms with van der Waals surface area (Å²) in [5.41, 5.74) is 6.13. The maximum atomic E-state index is 11.4. The molecular formula is C11H12IN3O4. The monoisotopic (exact) mass is 377 g/mol. The van der Waals surface area contributed by atoms with Crippen molar-refractivity contribution < 1.29 is 14.5 Å². The molecule has 2 N–H and O–H groups in total. The number of nitro groups is 1. The van der Waals surface area contributed by atoms with E-state index in [4.69, 9.17) is 10.5 Å². The van der Waals surface area contributed by atoms with Crippen LogP contribution in [-0.2, 0) is 9.53 Å². The molecule has 1 aliphatic heterocycles. The van der Waals surface area contributed by atoms with E-state index in [0.717, 1.165) is 5.69 Å². The van der Waals surface area contributed by atoms with E-state index in [1.165, 1.54) is 6.07 Å². The molecule has 0 spiro atoms. The van der Waals surface area contributed by atoms with Gasteiger partial charge in [-0.25, -0.2) is 0 Å². The fourth-order valence-corrected chi connectivity index (χ4v) is 2.67. The van der Waals surface area contributed by atoms with E-state index in [-0.39, 0.29) is 12.3 Å². The van der Waals surface area contributed by atoms with Gasteiger partial charge in [-0.3, -0.25) is 14.9 Å². The summed E-state index contributed by atoms with van der Waals surface area (Å²) in [6, 6.07) is 4.21. The van der Waals surface area contributed by atoms with Crippen LogP contribution >= 0.6 is 22.6 Å². The minimum absolute atomic E-state index is 0.0493. The van der Waals surface area contributed by atoms with Gasteiger partial charge in [-0.2, -0.15) is 0 Å². The average molecular weight is 377 g/mol. The van der Waals surface area contributed by atoms with Gasteiger partial charge in [0.05, 0.1) is 21.7 Å². The van der Waals surface area contributed by atoms with Gasteiger partial charge in [0.25, 0.3) is 5.69 Å². The molecule has 8 heteroatoms. The molecule has 0 aromatic heterocycles. The normalized spacial score (nSPS) is 19.2. The zero-order valence-electron chi connectivity index (χ0n) is 9.91. The molecule has 1 saturated heterocycles. The lowest BCUT2D eigenvalue weighted by atomic mass is 10.1. The van der Waals surface area contributed by atoms with E-state index in [1.54, 1.807) is 12.1 Å². The first-order valence-electron chi connectivity index (χ1n) is 5.58. The first-order chi connectivity index (χ1) is 9.00. The highest BCUT2D eigenvalue weighted by molar-refractivity contribution is 14.1. The molecule has 19 heavy (non-hydrogen) atoms. The lowest BCUT2D eigenvalue weighted by molar-refractivity contribution is -0.385. The molecule has 1 aromatic carbocycles. The Balaban J connectivity index is 2.32. The zero-order chi connectivity index (χ0) is 14.0. The van der Waals surface area contributed by atoms with Crippen molar-refractivity contribution in [2.45, 2.75) is 6.04 Å². The smallest absolute Gasteiger partial charge is 0.282 e. The molecule has 0 aliphatic carbocycles. The maximum absolute atomic E-state index is 11.4. The number of carbonyl (C=O) groups excluding carboxylic acids is 1. The summed E-state index contributed by atoms with van der Waals surface area (Å²) in [5.74, 6) is -0.465. The number of anilines is 1. The summed E-state index contributed by atoms with van der Waals surface area (Å²) in [6.07, 6.45) is 0. The van der Waals surface area contributed by atoms with Gasteiger partial charge in [-0.05, 0) is 34.7 Å². The minimum atomic E-state index is -0.536. The van der Waals surface area contributed by atoms with Crippen molar-refractivity contribution in [2.24, 2.45) is 5.73 Å². The van der Waals surface area contributed by atoms with Crippen LogP contribution in [0.15, 0.2) is 18.2 Å². The molecule has 0 saturated carbocycles. The van der Waals surface area contributed by atoms with E-state index >= 15 is 0 Å². The SMILES string of the molecule is NC(=O)C1COCCN1c1ccc([N+](=O)[O-])c(I)c1. The van der Waals surface area contributed by atoms with Gasteiger partial charge >= 0.3 is 0 Å². The number of hydrogen-bond donors (Lipinski definition) is 1. The highest BCUT2D eigenvalue weighted by Crippen LogP contribution is 2.28. The number of hydrogen-bond acceptors (Lipinski definition) is 5. The van der Waals surface area contributed by atoms with E-state index in [1.807, 2.05) is 27.5 Å². The number of nitrogens with two attached hydrogens (primary N) is 1. The number of amides is 1. The van der Waals surface area contributed by atoms with Gasteiger partial charge in [-0.15, -0.1) is 0 Å². The van der Waals surface area contributed by atoms with Gasteiger partial charge in [0.2, 0.25) is 5.91 Å². The number of primary amides is 1. The first kappa shape index (κ1) is 14.0. The van der Waals surface area contributed by atoms with Gasteiger partial charge < -0.3 is 15.4 Å². The third kappa shape index (κ3) is 2.95. The average Bonchev–Trinajstić information content (AvgIpc) is 2.38. The fourth-order valence-electron chi connectivity index (χ4n) is 1.97. The van der Waals surface area contributed by atoms with Crippen molar-refractivity contribution in [1.29, 1.82) is 0 Å². The quantitative estimate of drug-likeness (QED) is 0.479. The molecule has 7 nitrogen and oxygen atoms in total. The lowest BCUT2D eigenvalue weighted by Crippen LogP contribution is -2.52. The second-order valence-corrected chi connectivity index (χ2v) is 5.24. The number of ether oxygens (including phenoxy) is 1. The second kappa shape index (κ2) is 5.70. The summed E-state index contributed by atoms with van der Waals surface area (Å²) in [5, 5.41) is 10.8. The van der Waals surface area contributed by atoms with Crippen LogP contribution in [0.5, 0.6) is 0 Å². The van der Waals surface area contributed by atoms with Gasteiger partial charge in [-0.1, -0.05) is 0 Å². The van der Waals surface area contributed by atoms with Crippen LogP contribution in [-0.4, -0.2) is 36.6 Å². The highest BCUT2D eigenvalue weighted by Gasteiger charge is 2.28. The molecule has 1 fully saturated rings. The molecule has 1 aromatic rings. The molecule has 102 valence electrons. The van der Waals surface area contributed by atoms with Crippen molar-refractivity contribution in [3.05, 3.63) is 31.9 Å². The van der Waals surface area contributed by atoms with E-state index < -0.39 is 16.9 Å². The van der Waals surface area contributed by atoms with Crippen LogP contribution in [0.2, 0.25) is 0 Å². The summed E-state index contributed by atoms with van der Waals surface area (Å²) in [4.78, 5) is 23.5. The molecule has 1 unspecified atom stereocenters. The van der Waals surface area contributed by atoms with Crippen LogP contribution in [0, 0.1) is 13.7 Å². The number of morpholine rings is 1. The molecule has 1 atom stereocenters. The summed E-state index contributed by atoms with van der Waals surface area (Å²) in [7, 11) is 0. The molecule has 0 radical (unpaired) electrons. The molecule has 1 heterocycles. The van der Waals surface area contributed by atoms with Crippen molar-refractivity contribution >= 4 is 39.9 Å². The Labute approximate surface area is 123 Å². The summed E-state index contributed by atoms with van der Waals surface area (Å²) >= 11 is 1.91. The summed E-state index contributed by atoms with van der Waals surface area (Å²) in [6.45, 7) is 1.27. The van der Waals surface area contributed by atoms with Crippen molar-refractivity contribution in [3.8, 4) is 0 Å². The number of nitro benzene ring substituents is 1. The van der Waals surface area contributed by atoms with Crippen molar-refractivity contribution in [2.75, 3.05) is 24.7 Å². The molecule has 1 amide bonds. The van der Waals surface area contributed by atoms with Crippen molar-refractivity contribution in [1.82, 2.24) is 0 Å². The van der Waals surface area contributed by atoms with Crippen LogP contribution in [0.3, 0.4) is 0 Å². The summed E-state index contributed by atoms with van der Waals surface area (Å²) < 4.78 is 5.76. The Morgan fingerprint density at radius 2 is 2.32 bits per heavy atom. The number of carbonyl (C=O) groups is 1.